The van der Waals surface area contributed by atoms with E-state index in [9.17, 15) is 18.0 Å². The lowest BCUT2D eigenvalue weighted by molar-refractivity contribution is -0.115. The lowest BCUT2D eigenvalue weighted by Gasteiger charge is -2.10. The summed E-state index contributed by atoms with van der Waals surface area (Å²) in [6.07, 6.45) is 0. The zero-order chi connectivity index (χ0) is 18.7. The molecule has 26 heavy (non-hydrogen) atoms. The number of amides is 1. The molecule has 0 bridgehead atoms. The molecule has 1 aromatic heterocycles. The minimum Gasteiger partial charge on any atom is -0.323 e. The maximum absolute atomic E-state index is 13.8. The van der Waals surface area contributed by atoms with Gasteiger partial charge in [0.2, 0.25) is 11.1 Å². The summed E-state index contributed by atoms with van der Waals surface area (Å²) in [6, 6.07) is 8.96. The number of aromatic nitrogens is 3. The minimum absolute atomic E-state index is 0.120. The first-order valence-electron chi connectivity index (χ1n) is 7.54. The van der Waals surface area contributed by atoms with E-state index in [1.807, 2.05) is 0 Å². The van der Waals surface area contributed by atoms with Crippen LogP contribution in [0.5, 0.6) is 0 Å². The number of rotatable bonds is 5. The molecule has 3 rings (SSSR count). The molecule has 9 heteroatoms. The second-order valence-corrected chi connectivity index (χ2v) is 6.63. The Balaban J connectivity index is 1.67. The van der Waals surface area contributed by atoms with E-state index in [-0.39, 0.29) is 22.2 Å². The van der Waals surface area contributed by atoms with Gasteiger partial charge in [-0.25, -0.2) is 18.2 Å². The van der Waals surface area contributed by atoms with Crippen LogP contribution in [-0.4, -0.2) is 26.3 Å². The number of anilines is 1. The van der Waals surface area contributed by atoms with E-state index in [4.69, 9.17) is 0 Å². The van der Waals surface area contributed by atoms with Gasteiger partial charge in [-0.1, -0.05) is 23.9 Å². The number of halogens is 3. The summed E-state index contributed by atoms with van der Waals surface area (Å²) >= 11 is 1.02. The van der Waals surface area contributed by atoms with Crippen LogP contribution in [-0.2, 0) is 4.79 Å². The number of thioether (sulfide) groups is 1. The highest BCUT2D eigenvalue weighted by Gasteiger charge is 2.19. The van der Waals surface area contributed by atoms with E-state index >= 15 is 0 Å². The Hall–Kier alpha value is -2.81. The largest absolute Gasteiger partial charge is 0.323 e. The molecule has 3 aromatic rings. The number of carbonyl (C=O) groups excluding carboxylic acids is 1. The highest BCUT2D eigenvalue weighted by atomic mass is 32.2. The predicted octanol–water partition coefficient (Wildman–Crippen LogP) is 4.01. The van der Waals surface area contributed by atoms with Gasteiger partial charge in [-0.3, -0.25) is 9.89 Å². The van der Waals surface area contributed by atoms with Gasteiger partial charge in [0.15, 0.2) is 5.82 Å². The highest BCUT2D eigenvalue weighted by Crippen LogP contribution is 2.25. The van der Waals surface area contributed by atoms with Crippen molar-refractivity contribution in [2.45, 2.75) is 17.3 Å². The van der Waals surface area contributed by atoms with Crippen LogP contribution in [0, 0.1) is 17.5 Å². The Bertz CT molecular complexity index is 947. The van der Waals surface area contributed by atoms with E-state index in [1.165, 1.54) is 6.07 Å². The third-order valence-electron chi connectivity index (χ3n) is 3.43. The maximum atomic E-state index is 13.8. The van der Waals surface area contributed by atoms with Crippen LogP contribution in [0.4, 0.5) is 18.9 Å². The van der Waals surface area contributed by atoms with Crippen molar-refractivity contribution in [3.05, 3.63) is 59.9 Å². The normalized spacial score (nSPS) is 12.0. The van der Waals surface area contributed by atoms with Gasteiger partial charge in [-0.05, 0) is 31.2 Å². The second kappa shape index (κ2) is 7.61. The van der Waals surface area contributed by atoms with Crippen LogP contribution in [0.3, 0.4) is 0 Å². The number of aromatic amines is 1. The van der Waals surface area contributed by atoms with Crippen LogP contribution < -0.4 is 5.32 Å². The highest BCUT2D eigenvalue weighted by molar-refractivity contribution is 8.00. The fraction of sp³-hybridized carbons (Fsp3) is 0.118. The molecule has 2 aromatic carbocycles. The van der Waals surface area contributed by atoms with Crippen molar-refractivity contribution in [3.8, 4) is 11.4 Å². The summed E-state index contributed by atoms with van der Waals surface area (Å²) in [5, 5.41) is 8.52. The molecule has 2 N–H and O–H groups in total. The number of hydrogen-bond acceptors (Lipinski definition) is 4. The summed E-state index contributed by atoms with van der Waals surface area (Å²) < 4.78 is 40.3. The predicted molar refractivity (Wildman–Crippen MR) is 92.1 cm³/mol. The standard InChI is InChI=1S/C17H13F3N4OS/c1-9(16(25)21-14-7-6-10(18)8-13(14)20)26-17-22-15(23-24-17)11-4-2-3-5-12(11)19/h2-9H,1H3,(H,21,25)(H,22,23,24). The fourth-order valence-electron chi connectivity index (χ4n) is 2.11. The van der Waals surface area contributed by atoms with Crippen molar-refractivity contribution in [1.82, 2.24) is 15.2 Å². The maximum Gasteiger partial charge on any atom is 0.237 e. The van der Waals surface area contributed by atoms with Crippen LogP contribution >= 0.6 is 11.8 Å². The first-order chi connectivity index (χ1) is 12.4. The summed E-state index contributed by atoms with van der Waals surface area (Å²) in [5.74, 6) is -2.31. The summed E-state index contributed by atoms with van der Waals surface area (Å²) in [4.78, 5) is 16.3. The number of carbonyl (C=O) groups is 1. The molecule has 0 fully saturated rings. The zero-order valence-electron chi connectivity index (χ0n) is 13.5. The summed E-state index contributed by atoms with van der Waals surface area (Å²) in [6.45, 7) is 1.58. The Labute approximate surface area is 151 Å². The average molecular weight is 378 g/mol. The van der Waals surface area contributed by atoms with E-state index in [2.05, 4.69) is 20.5 Å². The molecule has 0 saturated heterocycles. The van der Waals surface area contributed by atoms with Gasteiger partial charge in [-0.15, -0.1) is 5.10 Å². The number of nitrogens with zero attached hydrogens (tertiary/aromatic N) is 2. The van der Waals surface area contributed by atoms with Crippen molar-refractivity contribution in [1.29, 1.82) is 0 Å². The molecular formula is C17H13F3N4OS. The Kier molecular flexibility index (Phi) is 5.27. The molecular weight excluding hydrogens is 365 g/mol. The Morgan fingerprint density at radius 3 is 2.65 bits per heavy atom. The van der Waals surface area contributed by atoms with Gasteiger partial charge in [0.25, 0.3) is 0 Å². The molecule has 0 aliphatic carbocycles. The molecule has 0 radical (unpaired) electrons. The third-order valence-corrected chi connectivity index (χ3v) is 4.40. The minimum atomic E-state index is -0.865. The van der Waals surface area contributed by atoms with Gasteiger partial charge in [0.05, 0.1) is 16.5 Å². The molecule has 1 amide bonds. The van der Waals surface area contributed by atoms with Crippen LogP contribution in [0.15, 0.2) is 47.6 Å². The lowest BCUT2D eigenvalue weighted by atomic mass is 10.2. The second-order valence-electron chi connectivity index (χ2n) is 5.32. The molecule has 134 valence electrons. The average Bonchev–Trinajstić information content (AvgIpc) is 3.06. The van der Waals surface area contributed by atoms with Gasteiger partial charge >= 0.3 is 0 Å². The number of H-pyrrole nitrogens is 1. The SMILES string of the molecule is CC(Sc1n[nH]c(-c2ccccc2F)n1)C(=O)Nc1ccc(F)cc1F. The molecule has 1 unspecified atom stereocenters. The van der Waals surface area contributed by atoms with Crippen LogP contribution in [0.1, 0.15) is 6.92 Å². The number of hydrogen-bond donors (Lipinski definition) is 2. The van der Waals surface area contributed by atoms with E-state index < -0.39 is 28.6 Å². The van der Waals surface area contributed by atoms with Gasteiger partial charge in [-0.2, -0.15) is 0 Å². The monoisotopic (exact) mass is 378 g/mol. The van der Waals surface area contributed by atoms with Gasteiger partial charge in [0.1, 0.15) is 17.5 Å². The van der Waals surface area contributed by atoms with Crippen molar-refractivity contribution in [3.63, 3.8) is 0 Å². The molecule has 0 saturated carbocycles. The van der Waals surface area contributed by atoms with Crippen molar-refractivity contribution < 1.29 is 18.0 Å². The molecule has 1 atom stereocenters. The van der Waals surface area contributed by atoms with E-state index in [0.29, 0.717) is 6.07 Å². The zero-order valence-corrected chi connectivity index (χ0v) is 14.3. The van der Waals surface area contributed by atoms with Gasteiger partial charge < -0.3 is 5.32 Å². The van der Waals surface area contributed by atoms with Crippen molar-refractivity contribution >= 4 is 23.4 Å². The van der Waals surface area contributed by atoms with Crippen molar-refractivity contribution in [2.24, 2.45) is 0 Å². The van der Waals surface area contributed by atoms with E-state index in [1.54, 1.807) is 25.1 Å². The van der Waals surface area contributed by atoms with Crippen LogP contribution in [0.25, 0.3) is 11.4 Å². The molecule has 0 spiro atoms. The fourth-order valence-corrected chi connectivity index (χ4v) is 2.83. The molecule has 0 aliphatic heterocycles. The van der Waals surface area contributed by atoms with Gasteiger partial charge in [0, 0.05) is 6.07 Å². The molecule has 1 heterocycles. The quantitative estimate of drug-likeness (QED) is 0.658. The first kappa shape index (κ1) is 18.0. The Morgan fingerprint density at radius 1 is 1.15 bits per heavy atom. The lowest BCUT2D eigenvalue weighted by Crippen LogP contribution is -2.23. The Morgan fingerprint density at radius 2 is 1.92 bits per heavy atom. The van der Waals surface area contributed by atoms with Crippen molar-refractivity contribution in [2.75, 3.05) is 5.32 Å². The molecule has 0 aliphatic rings. The number of nitrogens with one attached hydrogen (secondary N) is 2. The molecule has 5 nitrogen and oxygen atoms in total. The van der Waals surface area contributed by atoms with E-state index in [0.717, 1.165) is 23.9 Å². The summed E-state index contributed by atoms with van der Waals surface area (Å²) in [5.41, 5.74) is 0.142. The first-order valence-corrected chi connectivity index (χ1v) is 8.42. The van der Waals surface area contributed by atoms with Crippen LogP contribution in [0.2, 0.25) is 0 Å². The number of benzene rings is 2. The topological polar surface area (TPSA) is 70.7 Å². The smallest absolute Gasteiger partial charge is 0.237 e. The third kappa shape index (κ3) is 4.05. The summed E-state index contributed by atoms with van der Waals surface area (Å²) in [7, 11) is 0.